The molecule has 0 amide bonds. The van der Waals surface area contributed by atoms with Gasteiger partial charge in [-0.1, -0.05) is 63.4 Å². The van der Waals surface area contributed by atoms with E-state index in [0.29, 0.717) is 5.92 Å². The number of allylic oxidation sites excluding steroid dienone is 1. The van der Waals surface area contributed by atoms with Gasteiger partial charge in [-0.2, -0.15) is 0 Å². The van der Waals surface area contributed by atoms with Gasteiger partial charge in [-0.3, -0.25) is 0 Å². The molecular formula is C16H16Br2O. The van der Waals surface area contributed by atoms with Crippen molar-refractivity contribution in [2.45, 2.75) is 13.8 Å². The molecule has 1 nitrogen and oxygen atoms in total. The van der Waals surface area contributed by atoms with Crippen LogP contribution in [0.15, 0.2) is 50.9 Å². The van der Waals surface area contributed by atoms with E-state index in [9.17, 15) is 0 Å². The van der Waals surface area contributed by atoms with E-state index in [0.717, 1.165) is 26.9 Å². The van der Waals surface area contributed by atoms with Crippen molar-refractivity contribution in [1.29, 1.82) is 0 Å². The molecule has 2 aromatic rings. The lowest BCUT2D eigenvalue weighted by atomic mass is 10.0. The first kappa shape index (κ1) is 14.6. The van der Waals surface area contributed by atoms with Gasteiger partial charge in [-0.05, 0) is 36.3 Å². The lowest BCUT2D eigenvalue weighted by Gasteiger charge is -2.06. The molecular weight excluding hydrogens is 368 g/mol. The zero-order valence-corrected chi connectivity index (χ0v) is 14.2. The second-order valence-electron chi connectivity index (χ2n) is 4.72. The Balaban J connectivity index is 2.26. The molecule has 0 radical (unpaired) electrons. The van der Waals surface area contributed by atoms with Gasteiger partial charge in [0.25, 0.3) is 0 Å². The maximum Gasteiger partial charge on any atom is 0.134 e. The Bertz CT molecular complexity index is 565. The Morgan fingerprint density at radius 2 is 1.84 bits per heavy atom. The second-order valence-corrected chi connectivity index (χ2v) is 6.19. The van der Waals surface area contributed by atoms with Crippen molar-refractivity contribution < 1.29 is 4.42 Å². The van der Waals surface area contributed by atoms with Crippen LogP contribution < -0.4 is 0 Å². The molecule has 2 rings (SSSR count). The summed E-state index contributed by atoms with van der Waals surface area (Å²) in [6.45, 7) is 4.37. The Morgan fingerprint density at radius 1 is 1.16 bits per heavy atom. The van der Waals surface area contributed by atoms with Crippen LogP contribution in [0.1, 0.15) is 19.6 Å². The Morgan fingerprint density at radius 3 is 2.42 bits per heavy atom. The molecule has 0 bridgehead atoms. The molecule has 0 fully saturated rings. The van der Waals surface area contributed by atoms with Crippen LogP contribution in [0.25, 0.3) is 17.4 Å². The van der Waals surface area contributed by atoms with Crippen molar-refractivity contribution in [1.82, 2.24) is 0 Å². The van der Waals surface area contributed by atoms with Crippen LogP contribution in [0.3, 0.4) is 0 Å². The summed E-state index contributed by atoms with van der Waals surface area (Å²) in [7, 11) is 0. The summed E-state index contributed by atoms with van der Waals surface area (Å²) in [4.78, 5) is 0. The SMILES string of the molecule is CC(C)C(=Cc1ccc(-c2ccc(Br)cc2)o1)CBr. The molecule has 0 saturated carbocycles. The molecule has 0 saturated heterocycles. The fourth-order valence-corrected chi connectivity index (χ4v) is 2.82. The van der Waals surface area contributed by atoms with E-state index in [1.165, 1.54) is 5.57 Å². The van der Waals surface area contributed by atoms with Gasteiger partial charge in [-0.15, -0.1) is 0 Å². The largest absolute Gasteiger partial charge is 0.457 e. The second kappa shape index (κ2) is 6.58. The minimum atomic E-state index is 0.514. The first-order valence-corrected chi connectivity index (χ1v) is 8.14. The molecule has 0 atom stereocenters. The highest BCUT2D eigenvalue weighted by molar-refractivity contribution is 9.10. The summed E-state index contributed by atoms with van der Waals surface area (Å²) >= 11 is 6.95. The smallest absolute Gasteiger partial charge is 0.134 e. The summed E-state index contributed by atoms with van der Waals surface area (Å²) in [5.41, 5.74) is 2.42. The Kier molecular flexibility index (Phi) is 5.06. The standard InChI is InChI=1S/C16H16Br2O/c1-11(2)13(10-17)9-15-7-8-16(19-15)12-3-5-14(18)6-4-12/h3-9,11H,10H2,1-2H3. The number of alkyl halides is 1. The molecule has 3 heteroatoms. The lowest BCUT2D eigenvalue weighted by Crippen LogP contribution is -1.94. The molecule has 0 spiro atoms. The topological polar surface area (TPSA) is 13.1 Å². The van der Waals surface area contributed by atoms with Crippen LogP contribution in [0.4, 0.5) is 0 Å². The summed E-state index contributed by atoms with van der Waals surface area (Å²) in [6.07, 6.45) is 2.11. The van der Waals surface area contributed by atoms with Gasteiger partial charge in [0.1, 0.15) is 11.5 Å². The third-order valence-electron chi connectivity index (χ3n) is 2.98. The number of hydrogen-bond acceptors (Lipinski definition) is 1. The number of halogens is 2. The van der Waals surface area contributed by atoms with Crippen LogP contribution in [-0.2, 0) is 0 Å². The number of furan rings is 1. The zero-order chi connectivity index (χ0) is 13.8. The normalized spacial score (nSPS) is 12.2. The maximum atomic E-state index is 5.88. The van der Waals surface area contributed by atoms with E-state index in [4.69, 9.17) is 4.42 Å². The monoisotopic (exact) mass is 382 g/mol. The molecule has 0 aliphatic rings. The van der Waals surface area contributed by atoms with Crippen molar-refractivity contribution in [3.8, 4) is 11.3 Å². The van der Waals surface area contributed by atoms with Crippen LogP contribution in [0, 0.1) is 5.92 Å². The fourth-order valence-electron chi connectivity index (χ4n) is 1.74. The lowest BCUT2D eigenvalue weighted by molar-refractivity contribution is 0.570. The van der Waals surface area contributed by atoms with Gasteiger partial charge in [0.15, 0.2) is 0 Å². The van der Waals surface area contributed by atoms with Gasteiger partial charge >= 0.3 is 0 Å². The average Bonchev–Trinajstić information content (AvgIpc) is 2.85. The van der Waals surface area contributed by atoms with Crippen molar-refractivity contribution in [3.05, 3.63) is 52.2 Å². The van der Waals surface area contributed by atoms with E-state index in [2.05, 4.69) is 51.8 Å². The van der Waals surface area contributed by atoms with Crippen molar-refractivity contribution in [2.75, 3.05) is 5.33 Å². The number of benzene rings is 1. The van der Waals surface area contributed by atoms with Crippen LogP contribution in [0.5, 0.6) is 0 Å². The summed E-state index contributed by atoms with van der Waals surface area (Å²) in [6, 6.07) is 12.2. The molecule has 0 aliphatic carbocycles. The van der Waals surface area contributed by atoms with Gasteiger partial charge in [0.05, 0.1) is 0 Å². The number of rotatable bonds is 4. The van der Waals surface area contributed by atoms with Crippen LogP contribution in [0.2, 0.25) is 0 Å². The maximum absolute atomic E-state index is 5.88. The van der Waals surface area contributed by atoms with E-state index in [1.54, 1.807) is 0 Å². The molecule has 1 aromatic carbocycles. The molecule has 0 N–H and O–H groups in total. The van der Waals surface area contributed by atoms with Crippen molar-refractivity contribution in [2.24, 2.45) is 5.92 Å². The number of hydrogen-bond donors (Lipinski definition) is 0. The van der Waals surface area contributed by atoms with Gasteiger partial charge in [-0.25, -0.2) is 0 Å². The van der Waals surface area contributed by atoms with Crippen LogP contribution in [-0.4, -0.2) is 5.33 Å². The predicted octanol–water partition coefficient (Wildman–Crippen LogP) is 6.14. The van der Waals surface area contributed by atoms with Gasteiger partial charge < -0.3 is 4.42 Å². The molecule has 19 heavy (non-hydrogen) atoms. The zero-order valence-electron chi connectivity index (χ0n) is 11.0. The van der Waals surface area contributed by atoms with E-state index < -0.39 is 0 Å². The molecule has 0 unspecified atom stereocenters. The minimum absolute atomic E-state index is 0.514. The van der Waals surface area contributed by atoms with E-state index in [1.807, 2.05) is 36.4 Å². The van der Waals surface area contributed by atoms with Crippen LogP contribution >= 0.6 is 31.9 Å². The molecule has 1 aromatic heterocycles. The van der Waals surface area contributed by atoms with Gasteiger partial charge in [0.2, 0.25) is 0 Å². The third kappa shape index (κ3) is 3.83. The molecule has 100 valence electrons. The molecule has 0 aliphatic heterocycles. The van der Waals surface area contributed by atoms with Gasteiger partial charge in [0, 0.05) is 15.4 Å². The Labute approximate surface area is 131 Å². The van der Waals surface area contributed by atoms with E-state index >= 15 is 0 Å². The summed E-state index contributed by atoms with van der Waals surface area (Å²) < 4.78 is 6.95. The van der Waals surface area contributed by atoms with E-state index in [-0.39, 0.29) is 0 Å². The molecule has 1 heterocycles. The quantitative estimate of drug-likeness (QED) is 0.577. The van der Waals surface area contributed by atoms with Crippen molar-refractivity contribution in [3.63, 3.8) is 0 Å². The first-order valence-electron chi connectivity index (χ1n) is 6.22. The Hall–Kier alpha value is -0.800. The fraction of sp³-hybridized carbons (Fsp3) is 0.250. The average molecular weight is 384 g/mol. The summed E-state index contributed by atoms with van der Waals surface area (Å²) in [5.74, 6) is 2.32. The first-order chi connectivity index (χ1) is 9.10. The third-order valence-corrected chi connectivity index (χ3v) is 4.16. The predicted molar refractivity (Wildman–Crippen MR) is 88.5 cm³/mol. The highest BCUT2D eigenvalue weighted by Gasteiger charge is 2.06. The highest BCUT2D eigenvalue weighted by atomic mass is 79.9. The minimum Gasteiger partial charge on any atom is -0.457 e. The van der Waals surface area contributed by atoms with Crippen molar-refractivity contribution >= 4 is 37.9 Å². The summed E-state index contributed by atoms with van der Waals surface area (Å²) in [5, 5.41) is 0.874. The highest BCUT2D eigenvalue weighted by Crippen LogP contribution is 2.26.